The zero-order chi connectivity index (χ0) is 23.0. The third kappa shape index (κ3) is 9.85. The summed E-state index contributed by atoms with van der Waals surface area (Å²) in [7, 11) is -3.18. The van der Waals surface area contributed by atoms with Crippen LogP contribution in [0.5, 0.6) is 0 Å². The van der Waals surface area contributed by atoms with Crippen LogP contribution < -0.4 is 15.8 Å². The monoisotopic (exact) mass is 443 g/mol. The fourth-order valence-corrected chi connectivity index (χ4v) is 2.95. The Morgan fingerprint density at radius 2 is 1.52 bits per heavy atom. The van der Waals surface area contributed by atoms with Crippen molar-refractivity contribution in [2.45, 2.75) is 24.8 Å². The lowest BCUT2D eigenvalue weighted by Crippen LogP contribution is -2.32. The molecule has 0 fully saturated rings. The number of nitrogens with two attached hydrogens (primary N) is 1. The Kier molecular flexibility index (Phi) is 14.9. The minimum atomic E-state index is -3.68. The van der Waals surface area contributed by atoms with Crippen molar-refractivity contribution in [3.05, 3.63) is 54.1 Å². The quantitative estimate of drug-likeness (QED) is 0.598. The van der Waals surface area contributed by atoms with E-state index >= 15 is 0 Å². The molecule has 29 heavy (non-hydrogen) atoms. The van der Waals surface area contributed by atoms with Gasteiger partial charge >= 0.3 is 0 Å². The number of carbonyl (C=O) groups excluding carboxylic acids is 1. The van der Waals surface area contributed by atoms with E-state index in [1.54, 1.807) is 43.3 Å². The minimum absolute atomic E-state index is 0.168. The topological polar surface area (TPSA) is 101 Å². The highest BCUT2D eigenvalue weighted by atomic mass is 32.2. The molecular weight excluding hydrogens is 421 g/mol. The lowest BCUT2D eigenvalue weighted by molar-refractivity contribution is -0.117. The first-order valence-corrected chi connectivity index (χ1v) is 9.19. The van der Waals surface area contributed by atoms with Gasteiger partial charge in [-0.25, -0.2) is 8.42 Å². The van der Waals surface area contributed by atoms with Crippen molar-refractivity contribution in [2.75, 3.05) is 17.2 Å². The standard InChI is InChI=1S/C16H19N3O3S.CH3F.2F2/c1-11-8-9-13(10-15(11)18-16(20)12(2)17)19-23(21,22)14-6-4-3-5-7-14;3*1-2/h3-10,12,19H,17H2,1-2H3,(H,18,20);1H3;;/t12-;;;/m1.../s1. The molecule has 0 aliphatic rings. The fourth-order valence-electron chi connectivity index (χ4n) is 1.88. The van der Waals surface area contributed by atoms with Crippen molar-refractivity contribution in [3.63, 3.8) is 0 Å². The molecule has 0 spiro atoms. The van der Waals surface area contributed by atoms with Crippen molar-refractivity contribution in [1.82, 2.24) is 0 Å². The van der Waals surface area contributed by atoms with Crippen LogP contribution in [0.3, 0.4) is 0 Å². The number of hydrogen-bond acceptors (Lipinski definition) is 4. The molecule has 0 aliphatic carbocycles. The Bertz CT molecular complexity index is 822. The normalized spacial score (nSPS) is 10.5. The molecule has 0 aliphatic heterocycles. The molecule has 1 atom stereocenters. The summed E-state index contributed by atoms with van der Waals surface area (Å²) in [6.07, 6.45) is 0. The summed E-state index contributed by atoms with van der Waals surface area (Å²) in [6, 6.07) is 12.3. The van der Waals surface area contributed by atoms with Crippen molar-refractivity contribution in [2.24, 2.45) is 5.73 Å². The first-order chi connectivity index (χ1) is 13.8. The van der Waals surface area contributed by atoms with E-state index in [-0.39, 0.29) is 10.8 Å². The van der Waals surface area contributed by atoms with Crippen LogP contribution in [0.25, 0.3) is 0 Å². The van der Waals surface area contributed by atoms with Crippen LogP contribution in [0.15, 0.2) is 53.4 Å². The third-order valence-electron chi connectivity index (χ3n) is 3.21. The lowest BCUT2D eigenvalue weighted by Gasteiger charge is -2.13. The predicted octanol–water partition coefficient (Wildman–Crippen LogP) is 4.35. The number of aryl methyl sites for hydroxylation is 1. The number of benzene rings is 2. The molecule has 0 saturated carbocycles. The van der Waals surface area contributed by atoms with Crippen molar-refractivity contribution in [3.8, 4) is 0 Å². The molecule has 0 aromatic heterocycles. The Labute approximate surface area is 165 Å². The van der Waals surface area contributed by atoms with Gasteiger partial charge in [-0.15, -0.1) is 0 Å². The van der Waals surface area contributed by atoms with Gasteiger partial charge in [0, 0.05) is 24.0 Å². The van der Waals surface area contributed by atoms with Crippen LogP contribution >= 0.6 is 0 Å². The van der Waals surface area contributed by atoms with Gasteiger partial charge in [-0.3, -0.25) is 13.9 Å². The number of hydrogen-bond donors (Lipinski definition) is 3. The molecule has 2 aromatic rings. The van der Waals surface area contributed by atoms with Gasteiger partial charge in [-0.2, -0.15) is 0 Å². The van der Waals surface area contributed by atoms with Gasteiger partial charge in [0.1, 0.15) is 0 Å². The second kappa shape index (κ2) is 15.2. The highest BCUT2D eigenvalue weighted by Gasteiger charge is 2.15. The number of anilines is 2. The van der Waals surface area contributed by atoms with E-state index in [1.165, 1.54) is 12.1 Å². The van der Waals surface area contributed by atoms with E-state index in [4.69, 9.17) is 24.0 Å². The highest BCUT2D eigenvalue weighted by Crippen LogP contribution is 2.23. The van der Waals surface area contributed by atoms with Gasteiger partial charge < -0.3 is 11.1 Å². The number of alkyl halides is 1. The Morgan fingerprint density at radius 3 is 2.00 bits per heavy atom. The molecule has 4 N–H and O–H groups in total. The summed E-state index contributed by atoms with van der Waals surface area (Å²) in [5.74, 6) is -0.337. The van der Waals surface area contributed by atoms with E-state index in [0.717, 1.165) is 5.56 Å². The smallest absolute Gasteiger partial charge is 0.261 e. The van der Waals surface area contributed by atoms with E-state index in [0.29, 0.717) is 18.6 Å². The second-order valence-electron chi connectivity index (χ2n) is 5.23. The fraction of sp³-hybridized carbons (Fsp3) is 0.235. The maximum absolute atomic E-state index is 12.3. The Balaban J connectivity index is 0. The molecular formula is C17H22F5N3O3S. The van der Waals surface area contributed by atoms with Crippen LogP contribution in [0.2, 0.25) is 0 Å². The predicted molar refractivity (Wildman–Crippen MR) is 102 cm³/mol. The molecule has 2 rings (SSSR count). The van der Waals surface area contributed by atoms with Gasteiger partial charge in [0.25, 0.3) is 10.0 Å². The summed E-state index contributed by atoms with van der Waals surface area (Å²) < 4.78 is 68.6. The van der Waals surface area contributed by atoms with Crippen LogP contribution in [-0.4, -0.2) is 27.5 Å². The number of amides is 1. The van der Waals surface area contributed by atoms with Crippen LogP contribution in [-0.2, 0) is 14.8 Å². The van der Waals surface area contributed by atoms with Crippen molar-refractivity contribution < 1.29 is 35.9 Å². The van der Waals surface area contributed by atoms with Crippen molar-refractivity contribution in [1.29, 1.82) is 0 Å². The number of halogens is 5. The summed E-state index contributed by atoms with van der Waals surface area (Å²) >= 11 is 0. The van der Waals surface area contributed by atoms with E-state index < -0.39 is 16.1 Å². The third-order valence-corrected chi connectivity index (χ3v) is 4.61. The maximum Gasteiger partial charge on any atom is 0.261 e. The number of rotatable bonds is 5. The van der Waals surface area contributed by atoms with Crippen LogP contribution in [0, 0.1) is 6.92 Å². The summed E-state index contributed by atoms with van der Waals surface area (Å²) in [4.78, 5) is 11.9. The highest BCUT2D eigenvalue weighted by molar-refractivity contribution is 7.92. The average Bonchev–Trinajstić information content (AvgIpc) is 2.75. The Morgan fingerprint density at radius 1 is 1.00 bits per heavy atom. The van der Waals surface area contributed by atoms with Gasteiger partial charge in [-0.05, 0) is 43.7 Å². The SMILES string of the molecule is CF.Cc1ccc(NS(=O)(=O)c2ccccc2)cc1NC(=O)[C@@H](C)N.FF.FF. The molecule has 0 unspecified atom stereocenters. The first kappa shape index (κ1) is 28.5. The zero-order valence-corrected chi connectivity index (χ0v) is 16.6. The molecule has 1 amide bonds. The number of sulfonamides is 1. The molecule has 0 saturated heterocycles. The van der Waals surface area contributed by atoms with E-state index in [9.17, 15) is 17.6 Å². The number of nitrogens with one attached hydrogen (secondary N) is 2. The van der Waals surface area contributed by atoms with Crippen molar-refractivity contribution >= 4 is 27.3 Å². The second-order valence-corrected chi connectivity index (χ2v) is 6.91. The lowest BCUT2D eigenvalue weighted by atomic mass is 10.1. The van der Waals surface area contributed by atoms with E-state index in [2.05, 4.69) is 10.0 Å². The molecule has 0 radical (unpaired) electrons. The van der Waals surface area contributed by atoms with Gasteiger partial charge in [0.05, 0.1) is 23.8 Å². The molecule has 2 aromatic carbocycles. The zero-order valence-electron chi connectivity index (χ0n) is 15.8. The molecule has 0 heterocycles. The van der Waals surface area contributed by atoms with Crippen LogP contribution in [0.1, 0.15) is 12.5 Å². The van der Waals surface area contributed by atoms with E-state index in [1.807, 2.05) is 6.92 Å². The molecule has 0 bridgehead atoms. The van der Waals surface area contributed by atoms with Gasteiger partial charge in [0.2, 0.25) is 5.91 Å². The molecule has 164 valence electrons. The van der Waals surface area contributed by atoms with Gasteiger partial charge in [0.15, 0.2) is 0 Å². The summed E-state index contributed by atoms with van der Waals surface area (Å²) in [5.41, 5.74) is 7.21. The first-order valence-electron chi connectivity index (χ1n) is 7.71. The van der Waals surface area contributed by atoms with Gasteiger partial charge in [-0.1, -0.05) is 24.3 Å². The summed E-state index contributed by atoms with van der Waals surface area (Å²) in [6.45, 7) is 3.39. The molecule has 12 heteroatoms. The minimum Gasteiger partial charge on any atom is -0.324 e. The summed E-state index contributed by atoms with van der Waals surface area (Å²) in [5, 5.41) is 2.68. The largest absolute Gasteiger partial charge is 0.324 e. The molecule has 6 nitrogen and oxygen atoms in total. The maximum atomic E-state index is 12.3. The number of carbonyl (C=O) groups is 1. The Hall–Kier alpha value is -2.73. The average molecular weight is 443 g/mol. The van der Waals surface area contributed by atoms with Crippen LogP contribution in [0.4, 0.5) is 34.1 Å².